The van der Waals surface area contributed by atoms with Crippen LogP contribution in [0.5, 0.6) is 0 Å². The lowest BCUT2D eigenvalue weighted by Gasteiger charge is -2.25. The van der Waals surface area contributed by atoms with Crippen molar-refractivity contribution in [2.75, 3.05) is 6.54 Å². The molecule has 86 valence electrons. The third kappa shape index (κ3) is 2.33. The van der Waals surface area contributed by atoms with Crippen LogP contribution in [0, 0.1) is 5.92 Å². The number of rotatable bonds is 2. The number of hydrogen-bond donors (Lipinski definition) is 2. The van der Waals surface area contributed by atoms with E-state index >= 15 is 0 Å². The number of hydrogen-bond acceptors (Lipinski definition) is 2. The molecular weight excluding hydrogens is 188 g/mol. The van der Waals surface area contributed by atoms with Crippen molar-refractivity contribution in [3.63, 3.8) is 0 Å². The Hall–Kier alpha value is -0.570. The summed E-state index contributed by atoms with van der Waals surface area (Å²) in [6, 6.07) is 0.423. The van der Waals surface area contributed by atoms with Crippen molar-refractivity contribution in [1.29, 1.82) is 0 Å². The molecule has 1 aliphatic heterocycles. The highest BCUT2D eigenvalue weighted by Gasteiger charge is 2.37. The predicted molar refractivity (Wildman–Crippen MR) is 60.6 cm³/mol. The molecule has 2 fully saturated rings. The van der Waals surface area contributed by atoms with Gasteiger partial charge in [0.1, 0.15) is 0 Å². The fraction of sp³-hybridized carbons (Fsp3) is 0.917. The maximum absolute atomic E-state index is 12.1. The Morgan fingerprint density at radius 1 is 1.47 bits per heavy atom. The molecule has 15 heavy (non-hydrogen) atoms. The van der Waals surface area contributed by atoms with Crippen LogP contribution in [0.4, 0.5) is 0 Å². The number of carbonyl (C=O) groups is 1. The molecule has 2 aliphatic rings. The van der Waals surface area contributed by atoms with E-state index in [1.807, 2.05) is 6.92 Å². The van der Waals surface area contributed by atoms with E-state index in [1.165, 1.54) is 6.42 Å². The first-order valence-electron chi connectivity index (χ1n) is 6.16. The Morgan fingerprint density at radius 3 is 2.80 bits per heavy atom. The summed E-state index contributed by atoms with van der Waals surface area (Å²) in [5.74, 6) is 0.985. The molecule has 1 saturated carbocycles. The summed E-state index contributed by atoms with van der Waals surface area (Å²) in [7, 11) is 0. The quantitative estimate of drug-likeness (QED) is 0.724. The predicted octanol–water partition coefficient (Wildman–Crippen LogP) is 1.43. The normalized spacial score (nSPS) is 40.7. The van der Waals surface area contributed by atoms with Crippen molar-refractivity contribution >= 4 is 5.91 Å². The standard InChI is InChI=1S/C12H22N2O/c1-9-4-5-10(8-9)14-11(15)12(2)6-3-7-13-12/h9-10,13H,3-8H2,1-2H3,(H,14,15). The molecular formula is C12H22N2O. The van der Waals surface area contributed by atoms with Gasteiger partial charge in [-0.05, 0) is 51.5 Å². The minimum Gasteiger partial charge on any atom is -0.352 e. The Morgan fingerprint density at radius 2 is 2.27 bits per heavy atom. The molecule has 1 aliphatic carbocycles. The largest absolute Gasteiger partial charge is 0.352 e. The zero-order chi connectivity index (χ0) is 10.9. The van der Waals surface area contributed by atoms with Gasteiger partial charge in [0.15, 0.2) is 0 Å². The second kappa shape index (κ2) is 4.12. The fourth-order valence-electron chi connectivity index (χ4n) is 2.77. The van der Waals surface area contributed by atoms with Crippen LogP contribution in [0.15, 0.2) is 0 Å². The first-order chi connectivity index (χ1) is 7.10. The van der Waals surface area contributed by atoms with Crippen LogP contribution >= 0.6 is 0 Å². The molecule has 0 aromatic rings. The van der Waals surface area contributed by atoms with Gasteiger partial charge in [0, 0.05) is 6.04 Å². The number of amides is 1. The summed E-state index contributed by atoms with van der Waals surface area (Å²) in [5.41, 5.74) is -0.300. The highest BCUT2D eigenvalue weighted by Crippen LogP contribution is 2.26. The summed E-state index contributed by atoms with van der Waals surface area (Å²) >= 11 is 0. The third-order valence-electron chi connectivity index (χ3n) is 3.90. The summed E-state index contributed by atoms with van der Waals surface area (Å²) in [5, 5.41) is 6.50. The highest BCUT2D eigenvalue weighted by atomic mass is 16.2. The average Bonchev–Trinajstić information content (AvgIpc) is 2.76. The molecule has 0 aromatic heterocycles. The van der Waals surface area contributed by atoms with Crippen LogP contribution in [0.1, 0.15) is 46.0 Å². The highest BCUT2D eigenvalue weighted by molar-refractivity contribution is 5.86. The summed E-state index contributed by atoms with van der Waals surface area (Å²) in [6.07, 6.45) is 5.66. The number of nitrogens with one attached hydrogen (secondary N) is 2. The van der Waals surface area contributed by atoms with E-state index < -0.39 is 0 Å². The van der Waals surface area contributed by atoms with E-state index in [-0.39, 0.29) is 11.4 Å². The van der Waals surface area contributed by atoms with Crippen molar-refractivity contribution in [1.82, 2.24) is 10.6 Å². The lowest BCUT2D eigenvalue weighted by Crippen LogP contribution is -2.53. The van der Waals surface area contributed by atoms with Crippen molar-refractivity contribution in [2.24, 2.45) is 5.92 Å². The molecule has 0 aromatic carbocycles. The zero-order valence-corrected chi connectivity index (χ0v) is 9.81. The van der Waals surface area contributed by atoms with Gasteiger partial charge in [-0.25, -0.2) is 0 Å². The van der Waals surface area contributed by atoms with Gasteiger partial charge < -0.3 is 10.6 Å². The Balaban J connectivity index is 1.86. The van der Waals surface area contributed by atoms with Crippen LogP contribution in [-0.4, -0.2) is 24.0 Å². The summed E-state index contributed by atoms with van der Waals surface area (Å²) in [6.45, 7) is 5.26. The zero-order valence-electron chi connectivity index (χ0n) is 9.81. The third-order valence-corrected chi connectivity index (χ3v) is 3.90. The molecule has 0 bridgehead atoms. The molecule has 3 atom stereocenters. The van der Waals surface area contributed by atoms with Gasteiger partial charge in [0.25, 0.3) is 0 Å². The maximum Gasteiger partial charge on any atom is 0.240 e. The molecule has 3 nitrogen and oxygen atoms in total. The van der Waals surface area contributed by atoms with Gasteiger partial charge in [0.2, 0.25) is 5.91 Å². The first kappa shape index (κ1) is 10.9. The molecule has 3 unspecified atom stereocenters. The van der Waals surface area contributed by atoms with Crippen molar-refractivity contribution in [3.8, 4) is 0 Å². The molecule has 2 rings (SSSR count). The van der Waals surface area contributed by atoms with Gasteiger partial charge in [-0.1, -0.05) is 6.92 Å². The topological polar surface area (TPSA) is 41.1 Å². The monoisotopic (exact) mass is 210 g/mol. The smallest absolute Gasteiger partial charge is 0.240 e. The molecule has 1 heterocycles. The SMILES string of the molecule is CC1CCC(NC(=O)C2(C)CCCN2)C1. The van der Waals surface area contributed by atoms with Gasteiger partial charge in [0.05, 0.1) is 5.54 Å². The van der Waals surface area contributed by atoms with E-state index in [9.17, 15) is 4.79 Å². The Labute approximate surface area is 92.0 Å². The Bertz CT molecular complexity index is 246. The van der Waals surface area contributed by atoms with Crippen molar-refractivity contribution in [2.45, 2.75) is 57.5 Å². The molecule has 2 N–H and O–H groups in total. The lowest BCUT2D eigenvalue weighted by molar-refractivity contribution is -0.127. The molecule has 1 saturated heterocycles. The Kier molecular flexibility index (Phi) is 3.01. The van der Waals surface area contributed by atoms with E-state index in [0.717, 1.165) is 38.1 Å². The van der Waals surface area contributed by atoms with Crippen LogP contribution in [-0.2, 0) is 4.79 Å². The maximum atomic E-state index is 12.1. The van der Waals surface area contributed by atoms with Crippen LogP contribution in [0.2, 0.25) is 0 Å². The molecule has 3 heteroatoms. The fourth-order valence-corrected chi connectivity index (χ4v) is 2.77. The van der Waals surface area contributed by atoms with Crippen LogP contribution in [0.3, 0.4) is 0 Å². The lowest BCUT2D eigenvalue weighted by atomic mass is 9.98. The van der Waals surface area contributed by atoms with Crippen molar-refractivity contribution in [3.05, 3.63) is 0 Å². The van der Waals surface area contributed by atoms with Crippen LogP contribution < -0.4 is 10.6 Å². The molecule has 0 radical (unpaired) electrons. The van der Waals surface area contributed by atoms with E-state index in [4.69, 9.17) is 0 Å². The van der Waals surface area contributed by atoms with Gasteiger partial charge in [-0.15, -0.1) is 0 Å². The summed E-state index contributed by atoms with van der Waals surface area (Å²) in [4.78, 5) is 12.1. The average molecular weight is 210 g/mol. The van der Waals surface area contributed by atoms with Gasteiger partial charge in [-0.3, -0.25) is 4.79 Å². The minimum absolute atomic E-state index is 0.208. The van der Waals surface area contributed by atoms with Gasteiger partial charge in [-0.2, -0.15) is 0 Å². The van der Waals surface area contributed by atoms with E-state index in [1.54, 1.807) is 0 Å². The van der Waals surface area contributed by atoms with Crippen LogP contribution in [0.25, 0.3) is 0 Å². The van der Waals surface area contributed by atoms with Gasteiger partial charge >= 0.3 is 0 Å². The molecule has 1 amide bonds. The second-order valence-corrected chi connectivity index (χ2v) is 5.45. The summed E-state index contributed by atoms with van der Waals surface area (Å²) < 4.78 is 0. The first-order valence-corrected chi connectivity index (χ1v) is 6.16. The minimum atomic E-state index is -0.300. The number of carbonyl (C=O) groups excluding carboxylic acids is 1. The van der Waals surface area contributed by atoms with E-state index in [2.05, 4.69) is 17.6 Å². The van der Waals surface area contributed by atoms with E-state index in [0.29, 0.717) is 6.04 Å². The second-order valence-electron chi connectivity index (χ2n) is 5.45. The molecule has 0 spiro atoms. The van der Waals surface area contributed by atoms with Crippen molar-refractivity contribution < 1.29 is 4.79 Å².